The van der Waals surface area contributed by atoms with Crippen molar-refractivity contribution in [3.05, 3.63) is 60.4 Å². The van der Waals surface area contributed by atoms with Crippen LogP contribution in [-0.4, -0.2) is 21.5 Å². The predicted octanol–water partition coefficient (Wildman–Crippen LogP) is 4.90. The maximum atomic E-state index is 12.7. The number of aromatic nitrogens is 2. The van der Waals surface area contributed by atoms with Crippen LogP contribution in [0.15, 0.2) is 54.6 Å². The number of aryl methyl sites for hydroxylation is 1. The minimum atomic E-state index is 0.145. The van der Waals surface area contributed by atoms with Crippen molar-refractivity contribution < 1.29 is 4.79 Å². The highest BCUT2D eigenvalue weighted by atomic mass is 16.1. The molecule has 3 aromatic rings. The number of carbonyl (C=O) groups excluding carboxylic acids is 1. The lowest BCUT2D eigenvalue weighted by molar-refractivity contribution is -0.122. The maximum absolute atomic E-state index is 12.7. The van der Waals surface area contributed by atoms with Gasteiger partial charge in [0.25, 0.3) is 0 Å². The first-order valence-electron chi connectivity index (χ1n) is 11.0. The summed E-state index contributed by atoms with van der Waals surface area (Å²) in [5.74, 6) is 3.51. The van der Waals surface area contributed by atoms with Crippen LogP contribution >= 0.6 is 0 Å². The van der Waals surface area contributed by atoms with Crippen molar-refractivity contribution in [2.75, 3.05) is 0 Å². The molecule has 4 unspecified atom stereocenters. The van der Waals surface area contributed by atoms with Crippen molar-refractivity contribution in [3.63, 3.8) is 0 Å². The van der Waals surface area contributed by atoms with Crippen molar-refractivity contribution >= 4 is 16.9 Å². The molecule has 2 bridgehead atoms. The van der Waals surface area contributed by atoms with Crippen LogP contribution in [0.2, 0.25) is 0 Å². The number of hydrogen-bond donors (Lipinski definition) is 1. The molecule has 150 valence electrons. The van der Waals surface area contributed by atoms with E-state index in [1.807, 2.05) is 36.4 Å². The van der Waals surface area contributed by atoms with Crippen LogP contribution in [0.25, 0.3) is 16.7 Å². The fourth-order valence-electron chi connectivity index (χ4n) is 5.67. The van der Waals surface area contributed by atoms with E-state index in [1.54, 1.807) is 0 Å². The fraction of sp³-hybridized carbons (Fsp3) is 0.440. The number of para-hydroxylation sites is 3. The molecule has 2 aliphatic carbocycles. The largest absolute Gasteiger partial charge is 0.353 e. The average Bonchev–Trinajstić information content (AvgIpc) is 3.46. The molecular formula is C25H29N3O. The number of benzene rings is 2. The van der Waals surface area contributed by atoms with Gasteiger partial charge in [0, 0.05) is 24.6 Å². The van der Waals surface area contributed by atoms with Gasteiger partial charge in [-0.3, -0.25) is 9.36 Å². The molecule has 2 aromatic carbocycles. The first-order valence-corrected chi connectivity index (χ1v) is 11.0. The van der Waals surface area contributed by atoms with E-state index in [2.05, 4.69) is 35.0 Å². The van der Waals surface area contributed by atoms with Gasteiger partial charge < -0.3 is 5.32 Å². The predicted molar refractivity (Wildman–Crippen MR) is 116 cm³/mol. The molecule has 0 aliphatic heterocycles. The van der Waals surface area contributed by atoms with Gasteiger partial charge >= 0.3 is 0 Å². The van der Waals surface area contributed by atoms with Crippen molar-refractivity contribution in [2.24, 2.45) is 17.8 Å². The number of amides is 1. The molecular weight excluding hydrogens is 358 g/mol. The van der Waals surface area contributed by atoms with E-state index in [-0.39, 0.29) is 11.9 Å². The average molecular weight is 388 g/mol. The van der Waals surface area contributed by atoms with E-state index in [1.165, 1.54) is 25.7 Å². The molecule has 4 nitrogen and oxygen atoms in total. The Hall–Kier alpha value is -2.62. The van der Waals surface area contributed by atoms with Crippen LogP contribution in [0.3, 0.4) is 0 Å². The molecule has 2 fully saturated rings. The Labute approximate surface area is 172 Å². The third-order valence-corrected chi connectivity index (χ3v) is 7.04. The molecule has 4 heteroatoms. The van der Waals surface area contributed by atoms with E-state index in [0.29, 0.717) is 18.8 Å². The summed E-state index contributed by atoms with van der Waals surface area (Å²) in [5.41, 5.74) is 3.15. The van der Waals surface area contributed by atoms with Crippen LogP contribution in [0, 0.1) is 17.8 Å². The summed E-state index contributed by atoms with van der Waals surface area (Å²) >= 11 is 0. The molecule has 29 heavy (non-hydrogen) atoms. The van der Waals surface area contributed by atoms with Gasteiger partial charge in [0.05, 0.1) is 11.0 Å². The van der Waals surface area contributed by atoms with Crippen molar-refractivity contribution in [1.82, 2.24) is 14.9 Å². The molecule has 0 spiro atoms. The van der Waals surface area contributed by atoms with Gasteiger partial charge in [0.2, 0.25) is 5.91 Å². The molecule has 4 atom stereocenters. The third-order valence-electron chi connectivity index (χ3n) is 7.04. The minimum Gasteiger partial charge on any atom is -0.353 e. The Morgan fingerprint density at radius 1 is 1.10 bits per heavy atom. The van der Waals surface area contributed by atoms with Gasteiger partial charge in [-0.25, -0.2) is 4.98 Å². The Morgan fingerprint density at radius 3 is 2.66 bits per heavy atom. The Kier molecular flexibility index (Phi) is 4.86. The van der Waals surface area contributed by atoms with Gasteiger partial charge in [-0.05, 0) is 68.2 Å². The SMILES string of the molecule is CC(NC(=O)CCc1nc2ccccc2n1-c1ccccc1)C1CC2CCC1C2. The van der Waals surface area contributed by atoms with Crippen molar-refractivity contribution in [3.8, 4) is 5.69 Å². The molecule has 1 N–H and O–H groups in total. The smallest absolute Gasteiger partial charge is 0.220 e. The van der Waals surface area contributed by atoms with Crippen LogP contribution in [0.5, 0.6) is 0 Å². The molecule has 1 amide bonds. The lowest BCUT2D eigenvalue weighted by atomic mass is 9.84. The second-order valence-electron chi connectivity index (χ2n) is 8.88. The molecule has 0 saturated heterocycles. The number of carbonyl (C=O) groups is 1. The van der Waals surface area contributed by atoms with E-state index in [9.17, 15) is 4.79 Å². The van der Waals surface area contributed by atoms with Crippen LogP contribution < -0.4 is 5.32 Å². The fourth-order valence-corrected chi connectivity index (χ4v) is 5.67. The summed E-state index contributed by atoms with van der Waals surface area (Å²) in [7, 11) is 0. The number of fused-ring (bicyclic) bond motifs is 3. The highest BCUT2D eigenvalue weighted by Gasteiger charge is 2.42. The number of rotatable bonds is 6. The highest BCUT2D eigenvalue weighted by Crippen LogP contribution is 2.49. The molecule has 5 rings (SSSR count). The minimum absolute atomic E-state index is 0.145. The zero-order valence-electron chi connectivity index (χ0n) is 17.1. The number of hydrogen-bond acceptors (Lipinski definition) is 2. The first-order chi connectivity index (χ1) is 14.2. The number of nitrogens with zero attached hydrogens (tertiary/aromatic N) is 2. The zero-order valence-corrected chi connectivity index (χ0v) is 17.1. The van der Waals surface area contributed by atoms with Crippen molar-refractivity contribution in [2.45, 2.75) is 51.5 Å². The van der Waals surface area contributed by atoms with Crippen molar-refractivity contribution in [1.29, 1.82) is 0 Å². The summed E-state index contributed by atoms with van der Waals surface area (Å²) in [6.07, 6.45) is 6.55. The molecule has 1 heterocycles. The number of imidazole rings is 1. The van der Waals surface area contributed by atoms with Crippen LogP contribution in [0.1, 0.15) is 44.9 Å². The Morgan fingerprint density at radius 2 is 1.90 bits per heavy atom. The van der Waals surface area contributed by atoms with Gasteiger partial charge in [0.15, 0.2) is 0 Å². The third kappa shape index (κ3) is 3.57. The van der Waals surface area contributed by atoms with Crippen LogP contribution in [-0.2, 0) is 11.2 Å². The monoisotopic (exact) mass is 387 g/mol. The summed E-state index contributed by atoms with van der Waals surface area (Å²) in [4.78, 5) is 17.5. The standard InChI is InChI=1S/C25H29N3O/c1-17(21-16-18-11-12-19(21)15-18)26-25(29)14-13-24-27-22-9-5-6-10-23(22)28(24)20-7-3-2-4-8-20/h2-10,17-19,21H,11-16H2,1H3,(H,26,29). The second kappa shape index (κ2) is 7.66. The van der Waals surface area contributed by atoms with E-state index in [0.717, 1.165) is 34.4 Å². The van der Waals surface area contributed by atoms with E-state index >= 15 is 0 Å². The normalized spacial score (nSPS) is 24.1. The Bertz CT molecular complexity index is 1010. The van der Waals surface area contributed by atoms with Gasteiger partial charge in [-0.1, -0.05) is 36.8 Å². The lowest BCUT2D eigenvalue weighted by Crippen LogP contribution is -2.40. The van der Waals surface area contributed by atoms with Gasteiger partial charge in [0.1, 0.15) is 5.82 Å². The molecule has 2 aliphatic rings. The van der Waals surface area contributed by atoms with E-state index < -0.39 is 0 Å². The van der Waals surface area contributed by atoms with Gasteiger partial charge in [-0.15, -0.1) is 0 Å². The highest BCUT2D eigenvalue weighted by molar-refractivity contribution is 5.79. The summed E-state index contributed by atoms with van der Waals surface area (Å²) < 4.78 is 2.18. The zero-order chi connectivity index (χ0) is 19.8. The van der Waals surface area contributed by atoms with Crippen LogP contribution in [0.4, 0.5) is 0 Å². The summed E-state index contributed by atoms with van der Waals surface area (Å²) in [6.45, 7) is 2.20. The maximum Gasteiger partial charge on any atom is 0.220 e. The molecule has 1 aromatic heterocycles. The molecule has 2 saturated carbocycles. The van der Waals surface area contributed by atoms with E-state index in [4.69, 9.17) is 4.98 Å². The number of nitrogens with one attached hydrogen (secondary N) is 1. The Balaban J connectivity index is 1.30. The molecule has 0 radical (unpaired) electrons. The van der Waals surface area contributed by atoms with Gasteiger partial charge in [-0.2, -0.15) is 0 Å². The first kappa shape index (κ1) is 18.4. The summed E-state index contributed by atoms with van der Waals surface area (Å²) in [5, 5.41) is 3.29. The second-order valence-corrected chi connectivity index (χ2v) is 8.88. The topological polar surface area (TPSA) is 46.9 Å². The quantitative estimate of drug-likeness (QED) is 0.654. The summed E-state index contributed by atoms with van der Waals surface area (Å²) in [6, 6.07) is 18.7. The lowest BCUT2D eigenvalue weighted by Gasteiger charge is -2.28.